The first-order chi connectivity index (χ1) is 12.2. The molecule has 1 aromatic carbocycles. The van der Waals surface area contributed by atoms with Crippen LogP contribution in [0.4, 0.5) is 11.4 Å². The molecular weight excluding hydrogens is 336 g/mol. The molecule has 2 amide bonds. The number of hydrogen-bond donors (Lipinski definition) is 2. The molecule has 0 spiro atoms. The quantitative estimate of drug-likeness (QED) is 0.631. The van der Waals surface area contributed by atoms with E-state index in [1.807, 2.05) is 32.9 Å². The molecule has 8 nitrogen and oxygen atoms in total. The molecule has 0 unspecified atom stereocenters. The van der Waals surface area contributed by atoms with Crippen molar-refractivity contribution in [2.45, 2.75) is 27.7 Å². The number of amides is 2. The van der Waals surface area contributed by atoms with E-state index in [1.54, 1.807) is 6.92 Å². The first-order valence-electron chi connectivity index (χ1n) is 7.96. The largest absolute Gasteiger partial charge is 0.343 e. The molecule has 0 atom stereocenters. The lowest BCUT2D eigenvalue weighted by Crippen LogP contribution is -2.33. The Morgan fingerprint density at radius 2 is 1.73 bits per heavy atom. The number of aromatic nitrogens is 1. The van der Waals surface area contributed by atoms with Crippen LogP contribution in [0.2, 0.25) is 0 Å². The molecule has 136 valence electrons. The molecule has 0 saturated heterocycles. The predicted molar refractivity (Wildman–Crippen MR) is 97.2 cm³/mol. The van der Waals surface area contributed by atoms with Crippen LogP contribution in [0.3, 0.4) is 0 Å². The van der Waals surface area contributed by atoms with Crippen LogP contribution in [0.5, 0.6) is 0 Å². The van der Waals surface area contributed by atoms with E-state index in [0.29, 0.717) is 11.4 Å². The van der Waals surface area contributed by atoms with Gasteiger partial charge in [0.15, 0.2) is 0 Å². The van der Waals surface area contributed by atoms with Gasteiger partial charge in [-0.2, -0.15) is 0 Å². The van der Waals surface area contributed by atoms with E-state index in [2.05, 4.69) is 15.6 Å². The predicted octanol–water partition coefficient (Wildman–Crippen LogP) is 2.59. The normalized spacial score (nSPS) is 10.3. The van der Waals surface area contributed by atoms with Gasteiger partial charge in [0, 0.05) is 11.8 Å². The zero-order valence-electron chi connectivity index (χ0n) is 15.0. The molecule has 2 aromatic rings. The van der Waals surface area contributed by atoms with Crippen LogP contribution in [0.1, 0.15) is 32.7 Å². The maximum Gasteiger partial charge on any atom is 0.288 e. The minimum Gasteiger partial charge on any atom is -0.343 e. The van der Waals surface area contributed by atoms with Gasteiger partial charge in [-0.15, -0.1) is 0 Å². The second-order valence-electron chi connectivity index (χ2n) is 6.09. The van der Waals surface area contributed by atoms with Gasteiger partial charge < -0.3 is 10.6 Å². The van der Waals surface area contributed by atoms with Crippen LogP contribution in [-0.2, 0) is 4.79 Å². The summed E-state index contributed by atoms with van der Waals surface area (Å²) in [5.74, 6) is -0.976. The van der Waals surface area contributed by atoms with Gasteiger partial charge in [0.1, 0.15) is 6.20 Å². The average Bonchev–Trinajstić information content (AvgIpc) is 2.56. The van der Waals surface area contributed by atoms with Crippen molar-refractivity contribution in [2.75, 3.05) is 11.9 Å². The van der Waals surface area contributed by atoms with E-state index in [-0.39, 0.29) is 23.7 Å². The van der Waals surface area contributed by atoms with Crippen molar-refractivity contribution < 1.29 is 14.5 Å². The lowest BCUT2D eigenvalue weighted by atomic mass is 10.1. The lowest BCUT2D eigenvalue weighted by Gasteiger charge is -2.13. The first-order valence-corrected chi connectivity index (χ1v) is 7.96. The number of pyridine rings is 1. The zero-order chi connectivity index (χ0) is 19.4. The maximum absolute atomic E-state index is 12.2. The number of carbonyl (C=O) groups excluding carboxylic acids is 2. The minimum atomic E-state index is -0.626. The third kappa shape index (κ3) is 4.41. The highest BCUT2D eigenvalue weighted by Gasteiger charge is 2.17. The molecule has 2 rings (SSSR count). The number of nitro groups is 1. The van der Waals surface area contributed by atoms with Gasteiger partial charge >= 0.3 is 0 Å². The number of nitrogens with zero attached hydrogens (tertiary/aromatic N) is 2. The highest BCUT2D eigenvalue weighted by atomic mass is 16.6. The standard InChI is InChI=1S/C18H20N4O4/c1-10-5-11(2)17(12(3)6-10)21-16(23)9-20-18(24)15-7-14(22(25)26)8-19-13(15)4/h5-8H,9H2,1-4H3,(H,20,24)(H,21,23). The van der Waals surface area contributed by atoms with E-state index >= 15 is 0 Å². The van der Waals surface area contributed by atoms with Crippen LogP contribution in [0.15, 0.2) is 24.4 Å². The summed E-state index contributed by atoms with van der Waals surface area (Å²) >= 11 is 0. The summed E-state index contributed by atoms with van der Waals surface area (Å²) in [5, 5.41) is 16.1. The maximum atomic E-state index is 12.2. The SMILES string of the molecule is Cc1cc(C)c(NC(=O)CNC(=O)c2cc([N+](=O)[O-])cnc2C)c(C)c1. The highest BCUT2D eigenvalue weighted by molar-refractivity contribution is 6.00. The van der Waals surface area contributed by atoms with E-state index < -0.39 is 10.8 Å². The van der Waals surface area contributed by atoms with Crippen LogP contribution < -0.4 is 10.6 Å². The summed E-state index contributed by atoms with van der Waals surface area (Å²) in [4.78, 5) is 38.4. The molecule has 8 heteroatoms. The van der Waals surface area contributed by atoms with Crippen LogP contribution in [0.25, 0.3) is 0 Å². The number of aryl methyl sites for hydroxylation is 4. The third-order valence-corrected chi connectivity index (χ3v) is 3.88. The van der Waals surface area contributed by atoms with Gasteiger partial charge in [-0.1, -0.05) is 17.7 Å². The fourth-order valence-corrected chi connectivity index (χ4v) is 2.67. The number of rotatable bonds is 5. The summed E-state index contributed by atoms with van der Waals surface area (Å²) in [7, 11) is 0. The van der Waals surface area contributed by atoms with Crippen molar-refractivity contribution in [1.82, 2.24) is 10.3 Å². The summed E-state index contributed by atoms with van der Waals surface area (Å²) in [6.07, 6.45) is 1.09. The molecule has 0 aliphatic carbocycles. The van der Waals surface area contributed by atoms with E-state index in [1.165, 1.54) is 0 Å². The summed E-state index contributed by atoms with van der Waals surface area (Å²) in [6.45, 7) is 7.07. The summed E-state index contributed by atoms with van der Waals surface area (Å²) in [6, 6.07) is 5.06. The highest BCUT2D eigenvalue weighted by Crippen LogP contribution is 2.21. The van der Waals surface area contributed by atoms with E-state index in [0.717, 1.165) is 29.0 Å². The number of anilines is 1. The van der Waals surface area contributed by atoms with Crippen molar-refractivity contribution in [2.24, 2.45) is 0 Å². The Morgan fingerprint density at radius 3 is 2.31 bits per heavy atom. The Bertz CT molecular complexity index is 870. The second kappa shape index (κ2) is 7.73. The molecule has 0 aliphatic heterocycles. The number of nitrogens with one attached hydrogen (secondary N) is 2. The van der Waals surface area contributed by atoms with Crippen molar-refractivity contribution in [3.8, 4) is 0 Å². The Morgan fingerprint density at radius 1 is 1.12 bits per heavy atom. The molecular formula is C18H20N4O4. The summed E-state index contributed by atoms with van der Waals surface area (Å²) in [5.41, 5.74) is 3.80. The van der Waals surface area contributed by atoms with E-state index in [4.69, 9.17) is 0 Å². The first kappa shape index (κ1) is 19.0. The fourth-order valence-electron chi connectivity index (χ4n) is 2.67. The molecule has 2 N–H and O–H groups in total. The van der Waals surface area contributed by atoms with Crippen LogP contribution >= 0.6 is 0 Å². The van der Waals surface area contributed by atoms with Gasteiger partial charge in [-0.25, -0.2) is 0 Å². The van der Waals surface area contributed by atoms with Crippen molar-refractivity contribution >= 4 is 23.2 Å². The lowest BCUT2D eigenvalue weighted by molar-refractivity contribution is -0.385. The topological polar surface area (TPSA) is 114 Å². The minimum absolute atomic E-state index is 0.0645. The monoisotopic (exact) mass is 356 g/mol. The molecule has 26 heavy (non-hydrogen) atoms. The van der Waals surface area contributed by atoms with Gasteiger partial charge in [-0.3, -0.25) is 24.7 Å². The van der Waals surface area contributed by atoms with E-state index in [9.17, 15) is 19.7 Å². The van der Waals surface area contributed by atoms with Crippen LogP contribution in [-0.4, -0.2) is 28.3 Å². The Hall–Kier alpha value is -3.29. The molecule has 0 aliphatic rings. The molecule has 0 bridgehead atoms. The molecule has 0 radical (unpaired) electrons. The van der Waals surface area contributed by atoms with Gasteiger partial charge in [0.25, 0.3) is 11.6 Å². The number of benzene rings is 1. The fraction of sp³-hybridized carbons (Fsp3) is 0.278. The molecule has 1 aromatic heterocycles. The summed E-state index contributed by atoms with van der Waals surface area (Å²) < 4.78 is 0. The Labute approximate surface area is 150 Å². The average molecular weight is 356 g/mol. The van der Waals surface area contributed by atoms with Crippen molar-refractivity contribution in [3.05, 3.63) is 62.5 Å². The Balaban J connectivity index is 2.05. The van der Waals surface area contributed by atoms with Crippen molar-refractivity contribution in [3.63, 3.8) is 0 Å². The van der Waals surface area contributed by atoms with Gasteiger partial charge in [0.2, 0.25) is 5.91 Å². The smallest absolute Gasteiger partial charge is 0.288 e. The zero-order valence-corrected chi connectivity index (χ0v) is 15.0. The second-order valence-corrected chi connectivity index (χ2v) is 6.09. The Kier molecular flexibility index (Phi) is 5.66. The third-order valence-electron chi connectivity index (χ3n) is 3.88. The van der Waals surface area contributed by atoms with Crippen molar-refractivity contribution in [1.29, 1.82) is 0 Å². The number of hydrogen-bond acceptors (Lipinski definition) is 5. The molecule has 0 fully saturated rings. The van der Waals surface area contributed by atoms with Gasteiger partial charge in [0.05, 0.1) is 22.7 Å². The number of carbonyl (C=O) groups is 2. The molecule has 0 saturated carbocycles. The molecule has 1 heterocycles. The van der Waals surface area contributed by atoms with Crippen LogP contribution in [0, 0.1) is 37.8 Å². The van der Waals surface area contributed by atoms with Gasteiger partial charge in [-0.05, 0) is 38.8 Å².